The summed E-state index contributed by atoms with van der Waals surface area (Å²) in [6.45, 7) is 16.2. The van der Waals surface area contributed by atoms with E-state index in [0.717, 1.165) is 101 Å². The van der Waals surface area contributed by atoms with Crippen molar-refractivity contribution in [1.82, 2.24) is 0 Å². The van der Waals surface area contributed by atoms with E-state index in [1.165, 1.54) is 33.6 Å². The zero-order valence-electron chi connectivity index (χ0n) is 30.8. The van der Waals surface area contributed by atoms with Crippen LogP contribution in [0.3, 0.4) is 0 Å². The van der Waals surface area contributed by atoms with Gasteiger partial charge < -0.3 is 31.9 Å². The minimum atomic E-state index is 0. The summed E-state index contributed by atoms with van der Waals surface area (Å²) in [7, 11) is 0. The summed E-state index contributed by atoms with van der Waals surface area (Å²) in [6, 6.07) is 25.3. The van der Waals surface area contributed by atoms with Gasteiger partial charge in [0, 0.05) is 176 Å². The number of nitrogens with one attached hydrogen (secondary N) is 3. The van der Waals surface area contributed by atoms with Crippen LogP contribution in [-0.2, 0) is 0 Å². The van der Waals surface area contributed by atoms with E-state index in [4.69, 9.17) is 0 Å². The molecule has 3 aromatic carbocycles. The van der Waals surface area contributed by atoms with Crippen molar-refractivity contribution >= 4 is 44.1 Å². The van der Waals surface area contributed by atoms with Crippen LogP contribution in [0, 0.1) is 132 Å². The summed E-state index contributed by atoms with van der Waals surface area (Å²) in [5.74, 6) is 0. The van der Waals surface area contributed by atoms with E-state index < -0.39 is 0 Å². The zero-order valence-corrected chi connectivity index (χ0v) is 46.7. The number of piperidine rings is 3. The van der Waals surface area contributed by atoms with E-state index in [2.05, 4.69) is 141 Å². The van der Waals surface area contributed by atoms with Crippen molar-refractivity contribution in [1.29, 1.82) is 0 Å². The van der Waals surface area contributed by atoms with Gasteiger partial charge in [-0.25, -0.2) is 0 Å². The Hall–Kier alpha value is 0.965. The third-order valence-corrected chi connectivity index (χ3v) is 11.4. The molecule has 0 amide bonds. The van der Waals surface area contributed by atoms with Crippen molar-refractivity contribution < 1.29 is 132 Å². The zero-order chi connectivity index (χ0) is 34.2. The van der Waals surface area contributed by atoms with Gasteiger partial charge in [0.2, 0.25) is 0 Å². The molecule has 10 heteroatoms. The van der Waals surface area contributed by atoms with Crippen molar-refractivity contribution in [2.24, 2.45) is 0 Å². The van der Waals surface area contributed by atoms with Gasteiger partial charge in [-0.05, 0) is 110 Å². The van der Waals surface area contributed by atoms with Gasteiger partial charge in [-0.15, -0.1) is 45.8 Å². The van der Waals surface area contributed by atoms with Crippen molar-refractivity contribution in [2.45, 2.75) is 74.9 Å². The van der Waals surface area contributed by atoms with Gasteiger partial charge in [0.05, 0.1) is 5.54 Å². The summed E-state index contributed by atoms with van der Waals surface area (Å²) >= 11 is 3.59. The van der Waals surface area contributed by atoms with Gasteiger partial charge in [0.25, 0.3) is 0 Å². The third kappa shape index (κ3) is 12.5. The molecule has 0 bridgehead atoms. The van der Waals surface area contributed by atoms with Gasteiger partial charge >= 0.3 is 0 Å². The first-order valence-electron chi connectivity index (χ1n) is 18.0. The SMILES string of the molecule is C=C1CC2(CC[N-]CC2)Nc2ccccc21.C=CCC1(Nc2ccccc2Br)CC[N-]CC1.CC1=CC2(CC[N-]CC2)Nc2ccccc21.[Ac].[Ac].[Ac]. The molecule has 3 fully saturated rings. The topological polar surface area (TPSA) is 78.4 Å². The number of anilines is 3. The largest absolute Gasteiger partial charge is 0.662 e. The summed E-state index contributed by atoms with van der Waals surface area (Å²) in [4.78, 5) is 0. The fraction of sp³-hybridized carbons (Fsp3) is 0.429. The van der Waals surface area contributed by atoms with E-state index in [1.54, 1.807) is 0 Å². The Morgan fingerprint density at radius 2 is 1.23 bits per heavy atom. The van der Waals surface area contributed by atoms with E-state index in [0.29, 0.717) is 0 Å². The van der Waals surface area contributed by atoms with Crippen LogP contribution < -0.4 is 16.0 Å². The summed E-state index contributed by atoms with van der Waals surface area (Å²) in [5.41, 5.74) is 9.53. The summed E-state index contributed by atoms with van der Waals surface area (Å²) in [5, 5.41) is 24.4. The molecule has 8 rings (SSSR count). The maximum atomic E-state index is 4.44. The minimum Gasteiger partial charge on any atom is -0.662 e. The molecule has 3 radical (unpaired) electrons. The Balaban J connectivity index is 0.000000204. The second-order valence-electron chi connectivity index (χ2n) is 14.3. The minimum absolute atomic E-state index is 0. The number of rotatable bonds is 4. The van der Waals surface area contributed by atoms with E-state index in [-0.39, 0.29) is 149 Å². The van der Waals surface area contributed by atoms with Crippen LogP contribution in [0.15, 0.2) is 103 Å². The molecule has 0 aromatic heterocycles. The Morgan fingerprint density at radius 1 is 0.712 bits per heavy atom. The summed E-state index contributed by atoms with van der Waals surface area (Å²) in [6.07, 6.45) is 13.2. The predicted molar refractivity (Wildman–Crippen MR) is 215 cm³/mol. The number of allylic oxidation sites excluding steroid dienone is 1. The third-order valence-electron chi connectivity index (χ3n) is 10.7. The molecule has 0 atom stereocenters. The molecule has 5 heterocycles. The second kappa shape index (κ2) is 22.8. The molecule has 0 saturated carbocycles. The average Bonchev–Trinajstić information content (AvgIpc) is 3.11. The number of hydrogen-bond acceptors (Lipinski definition) is 3. The first-order chi connectivity index (χ1) is 23.8. The van der Waals surface area contributed by atoms with Gasteiger partial charge in [0.1, 0.15) is 0 Å². The molecule has 5 aliphatic rings. The number of benzene rings is 3. The maximum Gasteiger partial charge on any atom is 0.0529 e. The molecule has 3 N–H and O–H groups in total. The van der Waals surface area contributed by atoms with Crippen LogP contribution in [0.4, 0.5) is 17.1 Å². The Morgan fingerprint density at radius 3 is 1.85 bits per heavy atom. The van der Waals surface area contributed by atoms with Crippen LogP contribution in [0.1, 0.15) is 69.4 Å². The van der Waals surface area contributed by atoms with E-state index >= 15 is 0 Å². The standard InChI is InChI=1S/C14H18BrN2.2C14H17N2.3Ac/c1-2-7-14(8-10-16-11-9-14)17-13-6-4-3-5-12(13)15;2*1-11-10-14(6-8-15-9-7-14)16-13-5-3-2-4-12(11)13;;;/h2-6,17H,1,7-11H2;2-5,10,16H,6-9H2,1H3;2-5,16H,1,6-10H2;;;/q3*-1;;;. The predicted octanol–water partition coefficient (Wildman–Crippen LogP) is 11.2. The number of halogens is 1. The van der Waals surface area contributed by atoms with Crippen molar-refractivity contribution in [3.63, 3.8) is 0 Å². The first kappa shape index (κ1) is 47.3. The molecule has 0 unspecified atom stereocenters. The molecule has 52 heavy (non-hydrogen) atoms. The Bertz CT molecular complexity index is 1620. The number of fused-ring (bicyclic) bond motifs is 2. The quantitative estimate of drug-likeness (QED) is 0.228. The Kier molecular flexibility index (Phi) is 20.7. The van der Waals surface area contributed by atoms with Gasteiger partial charge in [0.15, 0.2) is 0 Å². The maximum absolute atomic E-state index is 4.44. The van der Waals surface area contributed by atoms with Crippen LogP contribution in [0.2, 0.25) is 0 Å². The monoisotopic (exact) mass is 1400 g/mol. The molecule has 0 aliphatic carbocycles. The fourth-order valence-electron chi connectivity index (χ4n) is 7.98. The molecule has 5 aliphatic heterocycles. The molecule has 6 nitrogen and oxygen atoms in total. The van der Waals surface area contributed by atoms with Gasteiger partial charge in [-0.3, -0.25) is 0 Å². The van der Waals surface area contributed by atoms with Crippen molar-refractivity contribution in [3.8, 4) is 0 Å². The second-order valence-corrected chi connectivity index (χ2v) is 15.1. The Labute approximate surface area is 429 Å². The summed E-state index contributed by atoms with van der Waals surface area (Å²) < 4.78 is 1.12. The molecular weight excluding hydrogens is 1350 g/mol. The van der Waals surface area contributed by atoms with Gasteiger partial charge in [-0.1, -0.05) is 67.3 Å². The first-order valence-corrected chi connectivity index (χ1v) is 18.8. The van der Waals surface area contributed by atoms with Crippen molar-refractivity contribution in [3.05, 3.63) is 130 Å². The molecule has 2 spiro atoms. The van der Waals surface area contributed by atoms with Crippen LogP contribution in [-0.4, -0.2) is 55.9 Å². The van der Waals surface area contributed by atoms with Crippen LogP contribution in [0.5, 0.6) is 0 Å². The number of nitrogens with zero attached hydrogens (tertiary/aromatic N) is 3. The number of para-hydroxylation sites is 3. The fourth-order valence-corrected chi connectivity index (χ4v) is 8.37. The number of hydrogen-bond donors (Lipinski definition) is 3. The van der Waals surface area contributed by atoms with Crippen molar-refractivity contribution in [2.75, 3.05) is 55.2 Å². The normalized spacial score (nSPS) is 19.9. The molecule has 3 saturated heterocycles. The molecular formula is C42H52Ac3BrN6-3. The van der Waals surface area contributed by atoms with E-state index in [9.17, 15) is 0 Å². The molecule has 3 aromatic rings. The smallest absolute Gasteiger partial charge is 0.0529 e. The molecule has 269 valence electrons. The van der Waals surface area contributed by atoms with Crippen LogP contribution >= 0.6 is 15.9 Å². The van der Waals surface area contributed by atoms with E-state index in [1.807, 2.05) is 12.1 Å². The average molecular weight is 1400 g/mol. The van der Waals surface area contributed by atoms with Gasteiger partial charge in [-0.2, -0.15) is 0 Å². The van der Waals surface area contributed by atoms with Crippen LogP contribution in [0.25, 0.3) is 27.1 Å².